The number of nitrogens with one attached hydrogen (secondary N) is 1. The fourth-order valence-corrected chi connectivity index (χ4v) is 4.66. The number of ketones is 2. The van der Waals surface area contributed by atoms with Crippen molar-refractivity contribution < 1.29 is 9.59 Å². The molecule has 0 unspecified atom stereocenters. The number of carbonyl (C=O) groups excluding carboxylic acids is 2. The molecule has 2 aromatic carbocycles. The summed E-state index contributed by atoms with van der Waals surface area (Å²) >= 11 is 0. The van der Waals surface area contributed by atoms with Gasteiger partial charge in [-0.2, -0.15) is 0 Å². The number of nitrogens with zero attached hydrogens (tertiary/aromatic N) is 2. The van der Waals surface area contributed by atoms with Crippen molar-refractivity contribution in [1.82, 2.24) is 5.32 Å². The van der Waals surface area contributed by atoms with Crippen molar-refractivity contribution in [1.29, 1.82) is 0 Å². The summed E-state index contributed by atoms with van der Waals surface area (Å²) in [5.41, 5.74) is 7.67. The number of rotatable bonds is 9. The number of carbonyl (C=O) groups is 2. The third kappa shape index (κ3) is 5.77. The summed E-state index contributed by atoms with van der Waals surface area (Å²) in [5, 5.41) is 3.40. The maximum Gasteiger partial charge on any atom is 0.181 e. The van der Waals surface area contributed by atoms with Crippen LogP contribution >= 0.6 is 0 Å². The molecule has 0 spiro atoms. The lowest BCUT2D eigenvalue weighted by atomic mass is 9.90. The first-order valence-electron chi connectivity index (χ1n) is 12.1. The van der Waals surface area contributed by atoms with Crippen LogP contribution in [0.1, 0.15) is 64.9 Å². The quantitative estimate of drug-likeness (QED) is 0.454. The van der Waals surface area contributed by atoms with Crippen LogP contribution in [0.15, 0.2) is 35.3 Å². The van der Waals surface area contributed by atoms with Gasteiger partial charge in [-0.15, -0.1) is 0 Å². The van der Waals surface area contributed by atoms with Crippen LogP contribution in [-0.2, 0) is 17.6 Å². The summed E-state index contributed by atoms with van der Waals surface area (Å²) in [7, 11) is 1.64. The van der Waals surface area contributed by atoms with Gasteiger partial charge in [0.2, 0.25) is 0 Å². The molecule has 0 aliphatic carbocycles. The van der Waals surface area contributed by atoms with E-state index in [4.69, 9.17) is 0 Å². The van der Waals surface area contributed by atoms with Crippen LogP contribution < -0.4 is 10.2 Å². The zero-order chi connectivity index (χ0) is 24.0. The Bertz CT molecular complexity index is 1050. The molecule has 0 saturated carbocycles. The number of hydrogen-bond donors (Lipinski definition) is 1. The topological polar surface area (TPSA) is 61.8 Å². The van der Waals surface area contributed by atoms with Gasteiger partial charge in [0.25, 0.3) is 0 Å². The number of Topliss-reactive ketones (excluding diaryl/α,β-unsaturated/α-hetero) is 2. The summed E-state index contributed by atoms with van der Waals surface area (Å²) < 4.78 is 0. The van der Waals surface area contributed by atoms with Gasteiger partial charge in [0.1, 0.15) is 5.71 Å². The zero-order valence-electron chi connectivity index (χ0n) is 20.8. The lowest BCUT2D eigenvalue weighted by Gasteiger charge is -2.30. The van der Waals surface area contributed by atoms with Gasteiger partial charge in [-0.05, 0) is 67.1 Å². The SMILES string of the molecule is CCC(=O)/C(=N/C)c1cc(C(=O)CCc2ccc(N3CCNCC3)cc2CC)c(C)cc1C. The zero-order valence-corrected chi connectivity index (χ0v) is 20.8. The van der Waals surface area contributed by atoms with E-state index in [1.54, 1.807) is 7.05 Å². The van der Waals surface area contributed by atoms with Crippen LogP contribution in [0.5, 0.6) is 0 Å². The van der Waals surface area contributed by atoms with Crippen LogP contribution in [0.2, 0.25) is 0 Å². The highest BCUT2D eigenvalue weighted by molar-refractivity contribution is 6.46. The molecule has 1 saturated heterocycles. The molecule has 2 aromatic rings. The predicted molar refractivity (Wildman–Crippen MR) is 137 cm³/mol. The smallest absolute Gasteiger partial charge is 0.181 e. The predicted octanol–water partition coefficient (Wildman–Crippen LogP) is 4.49. The third-order valence-electron chi connectivity index (χ3n) is 6.61. The van der Waals surface area contributed by atoms with Crippen LogP contribution in [0, 0.1) is 13.8 Å². The van der Waals surface area contributed by atoms with Crippen molar-refractivity contribution in [3.8, 4) is 0 Å². The molecule has 5 nitrogen and oxygen atoms in total. The standard InChI is InChI=1S/C28H37N3O2/c1-6-21-17-23(31-14-12-30-13-15-31)10-8-22(21)9-11-27(33)24-18-25(20(4)16-19(24)3)28(29-5)26(32)7-2/h8,10,16-18,30H,6-7,9,11-15H2,1-5H3/b29-28+. The molecule has 0 radical (unpaired) electrons. The largest absolute Gasteiger partial charge is 0.369 e. The Labute approximate surface area is 198 Å². The van der Waals surface area contributed by atoms with Crippen LogP contribution in [0.25, 0.3) is 0 Å². The number of anilines is 1. The van der Waals surface area contributed by atoms with E-state index >= 15 is 0 Å². The van der Waals surface area contributed by atoms with E-state index in [2.05, 4.69) is 40.3 Å². The van der Waals surface area contributed by atoms with E-state index in [0.29, 0.717) is 24.1 Å². The first-order chi connectivity index (χ1) is 15.9. The van der Waals surface area contributed by atoms with Gasteiger partial charge in [-0.1, -0.05) is 26.0 Å². The van der Waals surface area contributed by atoms with Crippen LogP contribution in [-0.4, -0.2) is 50.5 Å². The van der Waals surface area contributed by atoms with Gasteiger partial charge in [0.05, 0.1) is 0 Å². The van der Waals surface area contributed by atoms with Crippen molar-refractivity contribution >= 4 is 23.0 Å². The fraction of sp³-hybridized carbons (Fsp3) is 0.464. The molecule has 5 heteroatoms. The van der Waals surface area contributed by atoms with Gasteiger partial charge in [-0.3, -0.25) is 14.6 Å². The lowest BCUT2D eigenvalue weighted by Crippen LogP contribution is -2.43. The molecule has 1 aliphatic rings. The molecule has 33 heavy (non-hydrogen) atoms. The van der Waals surface area contributed by atoms with Crippen LogP contribution in [0.3, 0.4) is 0 Å². The number of benzene rings is 2. The lowest BCUT2D eigenvalue weighted by molar-refractivity contribution is -0.112. The van der Waals surface area contributed by atoms with Gasteiger partial charge in [0.15, 0.2) is 11.6 Å². The van der Waals surface area contributed by atoms with Gasteiger partial charge in [-0.25, -0.2) is 0 Å². The molecule has 1 N–H and O–H groups in total. The molecule has 0 atom stereocenters. The van der Waals surface area contributed by atoms with E-state index < -0.39 is 0 Å². The minimum absolute atomic E-state index is 0.0000149. The maximum atomic E-state index is 13.2. The number of aliphatic imine (C=N–C) groups is 1. The minimum Gasteiger partial charge on any atom is -0.369 e. The Kier molecular flexibility index (Phi) is 8.56. The second-order valence-corrected chi connectivity index (χ2v) is 8.80. The van der Waals surface area contributed by atoms with E-state index in [1.807, 2.05) is 32.9 Å². The molecule has 3 rings (SSSR count). The molecular weight excluding hydrogens is 410 g/mol. The van der Waals surface area contributed by atoms with E-state index in [0.717, 1.165) is 55.7 Å². The molecule has 0 amide bonds. The molecule has 0 bridgehead atoms. The highest BCUT2D eigenvalue weighted by atomic mass is 16.1. The molecule has 0 aromatic heterocycles. The Balaban J connectivity index is 1.79. The highest BCUT2D eigenvalue weighted by Crippen LogP contribution is 2.24. The summed E-state index contributed by atoms with van der Waals surface area (Å²) in [6, 6.07) is 10.5. The molecular formula is C28H37N3O2. The Morgan fingerprint density at radius 3 is 2.30 bits per heavy atom. The molecule has 1 heterocycles. The van der Waals surface area contributed by atoms with Crippen molar-refractivity contribution in [2.45, 2.75) is 53.4 Å². The molecule has 176 valence electrons. The van der Waals surface area contributed by atoms with Gasteiger partial charge >= 0.3 is 0 Å². The van der Waals surface area contributed by atoms with Crippen LogP contribution in [0.4, 0.5) is 5.69 Å². The van der Waals surface area contributed by atoms with Gasteiger partial charge in [0, 0.05) is 62.9 Å². The molecule has 1 aliphatic heterocycles. The number of aryl methyl sites for hydroxylation is 4. The number of piperazine rings is 1. The van der Waals surface area contributed by atoms with E-state index in [9.17, 15) is 9.59 Å². The highest BCUT2D eigenvalue weighted by Gasteiger charge is 2.19. The summed E-state index contributed by atoms with van der Waals surface area (Å²) in [6.07, 6.45) is 2.51. The second kappa shape index (κ2) is 11.4. The summed E-state index contributed by atoms with van der Waals surface area (Å²) in [5.74, 6) is 0.112. The Morgan fingerprint density at radius 1 is 0.970 bits per heavy atom. The fourth-order valence-electron chi connectivity index (χ4n) is 4.66. The average molecular weight is 448 g/mol. The van der Waals surface area contributed by atoms with Crippen molar-refractivity contribution in [3.63, 3.8) is 0 Å². The number of hydrogen-bond acceptors (Lipinski definition) is 5. The average Bonchev–Trinajstić information content (AvgIpc) is 2.84. The normalized spacial score (nSPS) is 14.5. The monoisotopic (exact) mass is 447 g/mol. The van der Waals surface area contributed by atoms with Crippen molar-refractivity contribution in [2.75, 3.05) is 38.1 Å². The van der Waals surface area contributed by atoms with Crippen molar-refractivity contribution in [2.24, 2.45) is 4.99 Å². The first-order valence-corrected chi connectivity index (χ1v) is 12.1. The van der Waals surface area contributed by atoms with E-state index in [1.165, 1.54) is 16.8 Å². The third-order valence-corrected chi connectivity index (χ3v) is 6.61. The van der Waals surface area contributed by atoms with E-state index in [-0.39, 0.29) is 11.6 Å². The Morgan fingerprint density at radius 2 is 1.67 bits per heavy atom. The Hall–Kier alpha value is -2.79. The second-order valence-electron chi connectivity index (χ2n) is 8.80. The maximum absolute atomic E-state index is 13.2. The summed E-state index contributed by atoms with van der Waals surface area (Å²) in [4.78, 5) is 32.2. The van der Waals surface area contributed by atoms with Crippen molar-refractivity contribution in [3.05, 3.63) is 63.7 Å². The summed E-state index contributed by atoms with van der Waals surface area (Å²) in [6.45, 7) is 12.0. The molecule has 1 fully saturated rings. The first kappa shape index (κ1) is 24.8. The minimum atomic E-state index is 0.0000149. The van der Waals surface area contributed by atoms with Gasteiger partial charge < -0.3 is 10.2 Å².